The van der Waals surface area contributed by atoms with E-state index in [1.54, 1.807) is 23.1 Å². The summed E-state index contributed by atoms with van der Waals surface area (Å²) >= 11 is 0. The first-order chi connectivity index (χ1) is 11.7. The molecule has 1 amide bonds. The van der Waals surface area contributed by atoms with Crippen molar-refractivity contribution in [2.75, 3.05) is 25.4 Å². The number of ether oxygens (including phenoxy) is 1. The van der Waals surface area contributed by atoms with Crippen LogP contribution in [-0.2, 0) is 0 Å². The Morgan fingerprint density at radius 2 is 2.29 bits per heavy atom. The number of anilines is 1. The predicted octanol–water partition coefficient (Wildman–Crippen LogP) is 2.24. The van der Waals surface area contributed by atoms with Crippen LogP contribution < -0.4 is 10.5 Å². The number of aromatic nitrogens is 2. The van der Waals surface area contributed by atoms with Crippen molar-refractivity contribution in [3.05, 3.63) is 48.4 Å². The molecule has 1 saturated heterocycles. The molecular weight excluding hydrogens is 308 g/mol. The van der Waals surface area contributed by atoms with E-state index in [1.165, 1.54) is 0 Å². The van der Waals surface area contributed by atoms with Crippen LogP contribution in [0.2, 0.25) is 0 Å². The number of piperidine rings is 1. The Morgan fingerprint density at radius 3 is 3.04 bits per heavy atom. The SMILES string of the molecule is C=CCOc1ccccc1C(=O)N1CCCC(c2nnc(N)o2)C1. The standard InChI is InChI=1S/C17H20N4O3/c1-2-10-23-14-8-4-3-7-13(14)16(22)21-9-5-6-12(11-21)15-19-20-17(18)24-15/h2-4,7-8,12H,1,5-6,9-11H2,(H2,18,20). The summed E-state index contributed by atoms with van der Waals surface area (Å²) in [6, 6.07) is 7.28. The highest BCUT2D eigenvalue weighted by Crippen LogP contribution is 2.29. The highest BCUT2D eigenvalue weighted by molar-refractivity contribution is 5.97. The lowest BCUT2D eigenvalue weighted by Gasteiger charge is -2.31. The molecule has 2 aromatic rings. The van der Waals surface area contributed by atoms with Gasteiger partial charge in [0, 0.05) is 13.1 Å². The first kappa shape index (κ1) is 16.0. The van der Waals surface area contributed by atoms with E-state index in [4.69, 9.17) is 14.9 Å². The van der Waals surface area contributed by atoms with Gasteiger partial charge in [0.2, 0.25) is 5.89 Å². The number of benzene rings is 1. The number of nitrogen functional groups attached to an aromatic ring is 1. The number of rotatable bonds is 5. The Morgan fingerprint density at radius 1 is 1.46 bits per heavy atom. The van der Waals surface area contributed by atoms with E-state index in [9.17, 15) is 4.79 Å². The predicted molar refractivity (Wildman–Crippen MR) is 88.7 cm³/mol. The van der Waals surface area contributed by atoms with E-state index >= 15 is 0 Å². The first-order valence-electron chi connectivity index (χ1n) is 7.90. The van der Waals surface area contributed by atoms with Gasteiger partial charge in [0.05, 0.1) is 11.5 Å². The average Bonchev–Trinajstić information content (AvgIpc) is 3.06. The molecule has 0 saturated carbocycles. The molecule has 1 aliphatic heterocycles. The summed E-state index contributed by atoms with van der Waals surface area (Å²) in [5.74, 6) is 0.994. The zero-order valence-corrected chi connectivity index (χ0v) is 13.4. The summed E-state index contributed by atoms with van der Waals surface area (Å²) in [5, 5.41) is 7.64. The van der Waals surface area contributed by atoms with Crippen LogP contribution in [0, 0.1) is 0 Å². The van der Waals surface area contributed by atoms with Crippen molar-refractivity contribution < 1.29 is 13.9 Å². The fraction of sp³-hybridized carbons (Fsp3) is 0.353. The second kappa shape index (κ2) is 7.16. The molecule has 1 atom stereocenters. The van der Waals surface area contributed by atoms with Crippen LogP contribution in [0.25, 0.3) is 0 Å². The number of hydrogen-bond acceptors (Lipinski definition) is 6. The van der Waals surface area contributed by atoms with Crippen molar-refractivity contribution in [2.45, 2.75) is 18.8 Å². The van der Waals surface area contributed by atoms with Crippen molar-refractivity contribution in [3.63, 3.8) is 0 Å². The highest BCUT2D eigenvalue weighted by Gasteiger charge is 2.29. The molecule has 1 aromatic heterocycles. The summed E-state index contributed by atoms with van der Waals surface area (Å²) in [5.41, 5.74) is 6.04. The molecule has 0 bridgehead atoms. The quantitative estimate of drug-likeness (QED) is 0.846. The molecule has 7 heteroatoms. The molecule has 126 valence electrons. The molecule has 1 aromatic carbocycles. The molecule has 24 heavy (non-hydrogen) atoms. The largest absolute Gasteiger partial charge is 0.489 e. The molecule has 1 aliphatic rings. The first-order valence-corrected chi connectivity index (χ1v) is 7.90. The summed E-state index contributed by atoms with van der Waals surface area (Å²) in [4.78, 5) is 14.7. The molecule has 7 nitrogen and oxygen atoms in total. The van der Waals surface area contributed by atoms with Crippen molar-refractivity contribution in [3.8, 4) is 5.75 Å². The van der Waals surface area contributed by atoms with Crippen LogP contribution in [0.1, 0.15) is 35.0 Å². The molecule has 2 heterocycles. The van der Waals surface area contributed by atoms with Gasteiger partial charge in [-0.3, -0.25) is 4.79 Å². The monoisotopic (exact) mass is 328 g/mol. The molecular formula is C17H20N4O3. The van der Waals surface area contributed by atoms with Gasteiger partial charge in [-0.15, -0.1) is 5.10 Å². The van der Waals surface area contributed by atoms with Crippen LogP contribution in [0.4, 0.5) is 6.01 Å². The summed E-state index contributed by atoms with van der Waals surface area (Å²) < 4.78 is 10.9. The molecule has 2 N–H and O–H groups in total. The van der Waals surface area contributed by atoms with Crippen LogP contribution in [-0.4, -0.2) is 40.7 Å². The van der Waals surface area contributed by atoms with E-state index in [1.807, 2.05) is 12.1 Å². The zero-order chi connectivity index (χ0) is 16.9. The Hall–Kier alpha value is -2.83. The lowest BCUT2D eigenvalue weighted by molar-refractivity contribution is 0.0694. The van der Waals surface area contributed by atoms with Gasteiger partial charge in [-0.25, -0.2) is 0 Å². The highest BCUT2D eigenvalue weighted by atomic mass is 16.5. The molecule has 1 fully saturated rings. The number of carbonyl (C=O) groups is 1. The van der Waals surface area contributed by atoms with Crippen LogP contribution >= 0.6 is 0 Å². The van der Waals surface area contributed by atoms with Gasteiger partial charge in [0.1, 0.15) is 12.4 Å². The normalized spacial score (nSPS) is 17.5. The molecule has 0 aliphatic carbocycles. The zero-order valence-electron chi connectivity index (χ0n) is 13.4. The smallest absolute Gasteiger partial charge is 0.312 e. The van der Waals surface area contributed by atoms with Crippen molar-refractivity contribution in [1.29, 1.82) is 0 Å². The van der Waals surface area contributed by atoms with Gasteiger partial charge in [-0.2, -0.15) is 0 Å². The maximum atomic E-state index is 12.9. The van der Waals surface area contributed by atoms with Gasteiger partial charge in [-0.1, -0.05) is 29.9 Å². The van der Waals surface area contributed by atoms with Crippen molar-refractivity contribution in [2.24, 2.45) is 0 Å². The number of nitrogens with zero attached hydrogens (tertiary/aromatic N) is 3. The van der Waals surface area contributed by atoms with Gasteiger partial charge < -0.3 is 19.8 Å². The third-order valence-corrected chi connectivity index (χ3v) is 3.99. The van der Waals surface area contributed by atoms with E-state index < -0.39 is 0 Å². The minimum absolute atomic E-state index is 0.00811. The van der Waals surface area contributed by atoms with Crippen molar-refractivity contribution >= 4 is 11.9 Å². The maximum absolute atomic E-state index is 12.9. The number of amides is 1. The Balaban J connectivity index is 1.76. The van der Waals surface area contributed by atoms with Crippen LogP contribution in [0.3, 0.4) is 0 Å². The number of carbonyl (C=O) groups excluding carboxylic acids is 1. The van der Waals surface area contributed by atoms with Crippen LogP contribution in [0.15, 0.2) is 41.3 Å². The Bertz CT molecular complexity index is 728. The van der Waals surface area contributed by atoms with Crippen LogP contribution in [0.5, 0.6) is 5.75 Å². The van der Waals surface area contributed by atoms with E-state index in [2.05, 4.69) is 16.8 Å². The average molecular weight is 328 g/mol. The molecule has 3 rings (SSSR count). The van der Waals surface area contributed by atoms with Crippen molar-refractivity contribution in [1.82, 2.24) is 15.1 Å². The number of para-hydroxylation sites is 1. The van der Waals surface area contributed by atoms with E-state index in [0.29, 0.717) is 36.9 Å². The molecule has 0 spiro atoms. The topological polar surface area (TPSA) is 94.5 Å². The fourth-order valence-corrected chi connectivity index (χ4v) is 2.86. The number of likely N-dealkylation sites (tertiary alicyclic amines) is 1. The second-order valence-electron chi connectivity index (χ2n) is 5.66. The Kier molecular flexibility index (Phi) is 4.79. The summed E-state index contributed by atoms with van der Waals surface area (Å²) in [6.45, 7) is 5.20. The fourth-order valence-electron chi connectivity index (χ4n) is 2.86. The molecule has 0 radical (unpaired) electrons. The Labute approximate surface area is 140 Å². The molecule has 1 unspecified atom stereocenters. The lowest BCUT2D eigenvalue weighted by Crippen LogP contribution is -2.39. The third kappa shape index (κ3) is 3.40. The number of nitrogens with two attached hydrogens (primary N) is 1. The van der Waals surface area contributed by atoms with Gasteiger partial charge in [-0.05, 0) is 25.0 Å². The summed E-state index contributed by atoms with van der Waals surface area (Å²) in [7, 11) is 0. The van der Waals surface area contributed by atoms with Gasteiger partial charge >= 0.3 is 6.01 Å². The minimum Gasteiger partial charge on any atom is -0.489 e. The lowest BCUT2D eigenvalue weighted by atomic mass is 9.97. The minimum atomic E-state index is -0.0631. The second-order valence-corrected chi connectivity index (χ2v) is 5.66. The third-order valence-electron chi connectivity index (χ3n) is 3.99. The summed E-state index contributed by atoms with van der Waals surface area (Å²) in [6.07, 6.45) is 3.41. The maximum Gasteiger partial charge on any atom is 0.312 e. The van der Waals surface area contributed by atoms with E-state index in [0.717, 1.165) is 12.8 Å². The van der Waals surface area contributed by atoms with E-state index in [-0.39, 0.29) is 17.8 Å². The van der Waals surface area contributed by atoms with Gasteiger partial charge in [0.25, 0.3) is 5.91 Å². The number of hydrogen-bond donors (Lipinski definition) is 1. The van der Waals surface area contributed by atoms with Gasteiger partial charge in [0.15, 0.2) is 0 Å².